The predicted octanol–water partition coefficient (Wildman–Crippen LogP) is 4.42. The molecule has 4 heteroatoms. The molecule has 0 aliphatic carbocycles. The molecule has 2 amide bonds. The summed E-state index contributed by atoms with van der Waals surface area (Å²) in [5, 5.41) is 2.86. The first kappa shape index (κ1) is 18.7. The van der Waals surface area contributed by atoms with E-state index in [9.17, 15) is 9.59 Å². The van der Waals surface area contributed by atoms with Crippen molar-refractivity contribution in [3.63, 3.8) is 0 Å². The minimum Gasteiger partial charge on any atom is -0.325 e. The van der Waals surface area contributed by atoms with Crippen LogP contribution in [0.5, 0.6) is 0 Å². The Hall–Kier alpha value is -2.62. The lowest BCUT2D eigenvalue weighted by molar-refractivity contribution is -0.120. The van der Waals surface area contributed by atoms with Gasteiger partial charge in [-0.2, -0.15) is 0 Å². The highest BCUT2D eigenvalue weighted by molar-refractivity contribution is 6.02. The zero-order valence-corrected chi connectivity index (χ0v) is 15.6. The molecule has 0 spiro atoms. The van der Waals surface area contributed by atoms with E-state index in [0.29, 0.717) is 5.92 Å². The van der Waals surface area contributed by atoms with Gasteiger partial charge in [0.1, 0.15) is 6.54 Å². The molecule has 0 radical (unpaired) electrons. The Morgan fingerprint density at radius 2 is 1.68 bits per heavy atom. The number of amides is 2. The molecular weight excluding hydrogens is 312 g/mol. The van der Waals surface area contributed by atoms with E-state index in [2.05, 4.69) is 19.2 Å². The molecule has 0 atom stereocenters. The summed E-state index contributed by atoms with van der Waals surface area (Å²) in [6.07, 6.45) is 0. The highest BCUT2D eigenvalue weighted by atomic mass is 16.2. The van der Waals surface area contributed by atoms with Crippen molar-refractivity contribution in [3.05, 3.63) is 59.2 Å². The van der Waals surface area contributed by atoms with Crippen LogP contribution in [0.1, 0.15) is 43.4 Å². The quantitative estimate of drug-likeness (QED) is 0.877. The molecule has 0 aliphatic rings. The number of hydrogen-bond acceptors (Lipinski definition) is 2. The fraction of sp³-hybridized carbons (Fsp3) is 0.333. The van der Waals surface area contributed by atoms with Crippen molar-refractivity contribution < 1.29 is 9.59 Å². The first-order valence-corrected chi connectivity index (χ1v) is 8.53. The van der Waals surface area contributed by atoms with E-state index in [4.69, 9.17) is 0 Å². The number of nitrogens with zero attached hydrogens (tertiary/aromatic N) is 1. The van der Waals surface area contributed by atoms with Crippen LogP contribution in [-0.4, -0.2) is 18.4 Å². The summed E-state index contributed by atoms with van der Waals surface area (Å²) in [5.41, 5.74) is 4.82. The molecule has 0 bridgehead atoms. The summed E-state index contributed by atoms with van der Waals surface area (Å²) in [6.45, 7) is 9.67. The van der Waals surface area contributed by atoms with E-state index >= 15 is 0 Å². The number of aryl methyl sites for hydroxylation is 2. The van der Waals surface area contributed by atoms with Crippen molar-refractivity contribution >= 4 is 23.2 Å². The third-order valence-electron chi connectivity index (χ3n) is 4.19. The maximum Gasteiger partial charge on any atom is 0.244 e. The number of nitrogens with one attached hydrogen (secondary N) is 1. The Kier molecular flexibility index (Phi) is 5.97. The van der Waals surface area contributed by atoms with Crippen LogP contribution in [0, 0.1) is 13.8 Å². The Balaban J connectivity index is 2.11. The standard InChI is InChI=1S/C21H26N2O2/c1-14(2)18-7-9-19(10-8-18)22-21(25)13-23(17(5)24)20-11-6-15(3)12-16(20)4/h6-12,14H,13H2,1-5H3,(H,22,25). The van der Waals surface area contributed by atoms with Crippen LogP contribution in [0.15, 0.2) is 42.5 Å². The van der Waals surface area contributed by atoms with Crippen LogP contribution >= 0.6 is 0 Å². The summed E-state index contributed by atoms with van der Waals surface area (Å²) in [4.78, 5) is 25.9. The van der Waals surface area contributed by atoms with Crippen LogP contribution < -0.4 is 10.2 Å². The van der Waals surface area contributed by atoms with Crippen molar-refractivity contribution in [1.29, 1.82) is 0 Å². The molecule has 0 heterocycles. The fourth-order valence-electron chi connectivity index (χ4n) is 2.77. The molecule has 0 aromatic heterocycles. The molecular formula is C21H26N2O2. The number of rotatable bonds is 5. The highest BCUT2D eigenvalue weighted by Crippen LogP contribution is 2.22. The van der Waals surface area contributed by atoms with Gasteiger partial charge < -0.3 is 10.2 Å². The third-order valence-corrected chi connectivity index (χ3v) is 4.19. The second-order valence-electron chi connectivity index (χ2n) is 6.72. The van der Waals surface area contributed by atoms with Gasteiger partial charge in [-0.05, 0) is 49.1 Å². The van der Waals surface area contributed by atoms with Gasteiger partial charge in [0, 0.05) is 18.3 Å². The topological polar surface area (TPSA) is 49.4 Å². The highest BCUT2D eigenvalue weighted by Gasteiger charge is 2.17. The maximum atomic E-state index is 12.4. The first-order valence-electron chi connectivity index (χ1n) is 8.53. The fourth-order valence-corrected chi connectivity index (χ4v) is 2.77. The molecule has 2 aromatic carbocycles. The van der Waals surface area contributed by atoms with E-state index in [-0.39, 0.29) is 18.4 Å². The molecule has 4 nitrogen and oxygen atoms in total. The third kappa shape index (κ3) is 4.92. The van der Waals surface area contributed by atoms with Crippen LogP contribution in [0.4, 0.5) is 11.4 Å². The van der Waals surface area contributed by atoms with Crippen LogP contribution in [0.2, 0.25) is 0 Å². The minimum absolute atomic E-state index is 0.00876. The number of benzene rings is 2. The van der Waals surface area contributed by atoms with E-state index in [1.165, 1.54) is 17.4 Å². The zero-order chi connectivity index (χ0) is 18.6. The van der Waals surface area contributed by atoms with Gasteiger partial charge in [-0.1, -0.05) is 43.7 Å². The van der Waals surface area contributed by atoms with Gasteiger partial charge >= 0.3 is 0 Å². The van der Waals surface area contributed by atoms with E-state index in [1.54, 1.807) is 0 Å². The van der Waals surface area contributed by atoms with Gasteiger partial charge in [0.25, 0.3) is 0 Å². The zero-order valence-electron chi connectivity index (χ0n) is 15.6. The Morgan fingerprint density at radius 3 is 2.20 bits per heavy atom. The molecule has 0 unspecified atom stereocenters. The van der Waals surface area contributed by atoms with Crippen LogP contribution in [-0.2, 0) is 9.59 Å². The van der Waals surface area contributed by atoms with Crippen molar-refractivity contribution in [1.82, 2.24) is 0 Å². The molecule has 0 saturated heterocycles. The van der Waals surface area contributed by atoms with Gasteiger partial charge in [-0.25, -0.2) is 0 Å². The van der Waals surface area contributed by atoms with Gasteiger partial charge in [-0.3, -0.25) is 9.59 Å². The van der Waals surface area contributed by atoms with Gasteiger partial charge in [-0.15, -0.1) is 0 Å². The molecule has 25 heavy (non-hydrogen) atoms. The molecule has 132 valence electrons. The number of carbonyl (C=O) groups excluding carboxylic acids is 2. The molecule has 0 saturated carbocycles. The Bertz CT molecular complexity index is 764. The minimum atomic E-state index is -0.215. The second kappa shape index (κ2) is 7.97. The molecule has 0 fully saturated rings. The summed E-state index contributed by atoms with van der Waals surface area (Å²) in [5.74, 6) is 0.0761. The lowest BCUT2D eigenvalue weighted by Gasteiger charge is -2.23. The largest absolute Gasteiger partial charge is 0.325 e. The lowest BCUT2D eigenvalue weighted by Crippen LogP contribution is -2.37. The summed E-state index contributed by atoms with van der Waals surface area (Å²) >= 11 is 0. The lowest BCUT2D eigenvalue weighted by atomic mass is 10.0. The smallest absolute Gasteiger partial charge is 0.244 e. The van der Waals surface area contributed by atoms with Crippen molar-refractivity contribution in [2.45, 2.75) is 40.5 Å². The Morgan fingerprint density at radius 1 is 1.04 bits per heavy atom. The summed E-state index contributed by atoms with van der Waals surface area (Å²) < 4.78 is 0. The molecule has 0 aliphatic heterocycles. The molecule has 1 N–H and O–H groups in total. The van der Waals surface area contributed by atoms with E-state index in [0.717, 1.165) is 22.5 Å². The summed E-state index contributed by atoms with van der Waals surface area (Å²) in [6, 6.07) is 13.6. The SMILES string of the molecule is CC(=O)N(CC(=O)Nc1ccc(C(C)C)cc1)c1ccc(C)cc1C. The summed E-state index contributed by atoms with van der Waals surface area (Å²) in [7, 11) is 0. The van der Waals surface area contributed by atoms with Crippen LogP contribution in [0.25, 0.3) is 0 Å². The maximum absolute atomic E-state index is 12.4. The van der Waals surface area contributed by atoms with Gasteiger partial charge in [0.15, 0.2) is 0 Å². The van der Waals surface area contributed by atoms with Gasteiger partial charge in [0.05, 0.1) is 0 Å². The average molecular weight is 338 g/mol. The first-order chi connectivity index (χ1) is 11.8. The predicted molar refractivity (Wildman–Crippen MR) is 103 cm³/mol. The van der Waals surface area contributed by atoms with Crippen molar-refractivity contribution in [2.75, 3.05) is 16.8 Å². The molecule has 2 aromatic rings. The monoisotopic (exact) mass is 338 g/mol. The Labute approximate surface area is 149 Å². The van der Waals surface area contributed by atoms with Crippen LogP contribution in [0.3, 0.4) is 0 Å². The second-order valence-corrected chi connectivity index (χ2v) is 6.72. The normalized spacial score (nSPS) is 10.6. The van der Waals surface area contributed by atoms with E-state index < -0.39 is 0 Å². The average Bonchev–Trinajstić information content (AvgIpc) is 2.53. The van der Waals surface area contributed by atoms with E-state index in [1.807, 2.05) is 56.3 Å². The number of carbonyl (C=O) groups is 2. The van der Waals surface area contributed by atoms with Crippen molar-refractivity contribution in [3.8, 4) is 0 Å². The van der Waals surface area contributed by atoms with Crippen molar-refractivity contribution in [2.24, 2.45) is 0 Å². The van der Waals surface area contributed by atoms with Gasteiger partial charge in [0.2, 0.25) is 11.8 Å². The number of anilines is 2. The molecule has 2 rings (SSSR count). The number of hydrogen-bond donors (Lipinski definition) is 1.